The van der Waals surface area contributed by atoms with E-state index >= 15 is 0 Å². The van der Waals surface area contributed by atoms with Crippen LogP contribution in [0.15, 0.2) is 40.4 Å². The van der Waals surface area contributed by atoms with Crippen molar-refractivity contribution >= 4 is 33.2 Å². The number of hydrogen-bond acceptors (Lipinski definition) is 10. The van der Waals surface area contributed by atoms with Crippen LogP contribution in [0.4, 0.5) is 18.9 Å². The summed E-state index contributed by atoms with van der Waals surface area (Å²) in [7, 11) is 2.63. The van der Waals surface area contributed by atoms with E-state index in [4.69, 9.17) is 34.0 Å². The van der Waals surface area contributed by atoms with Gasteiger partial charge in [-0.15, -0.1) is 0 Å². The molecule has 0 N–H and O–H groups in total. The summed E-state index contributed by atoms with van der Waals surface area (Å²) in [4.78, 5) is 6.46. The average Bonchev–Trinajstić information content (AvgIpc) is 3.00. The van der Waals surface area contributed by atoms with E-state index in [0.29, 0.717) is 26.2 Å². The van der Waals surface area contributed by atoms with E-state index < -0.39 is 36.7 Å². The number of para-hydroxylation sites is 1. The Hall–Kier alpha value is -1.71. The summed E-state index contributed by atoms with van der Waals surface area (Å²) in [6, 6.07) is 7.76. The maximum absolute atomic E-state index is 14.2. The molecule has 0 spiro atoms. The number of alkyl halides is 3. The van der Waals surface area contributed by atoms with E-state index in [2.05, 4.69) is 15.0 Å². The molecule has 4 atom stereocenters. The summed E-state index contributed by atoms with van der Waals surface area (Å²) in [5.41, 5.74) is 8.53. The zero-order chi connectivity index (χ0) is 32.5. The average molecular weight is 669 g/mol. The quantitative estimate of drug-likeness (QED) is 0.0141. The number of aliphatic imine (C=N–C) groups is 1. The van der Waals surface area contributed by atoms with Crippen LogP contribution in [0.1, 0.15) is 66.2 Å². The molecular formula is C29H47F3N4O6S2. The molecule has 0 radical (unpaired) electrons. The molecule has 0 aliphatic rings. The van der Waals surface area contributed by atoms with Gasteiger partial charge in [-0.1, -0.05) is 84.9 Å². The number of benzene rings is 1. The number of nitrogens with zero attached hydrogens (tertiary/aromatic N) is 4. The van der Waals surface area contributed by atoms with Gasteiger partial charge >= 0.3 is 6.18 Å². The first-order chi connectivity index (χ1) is 21.3. The highest BCUT2D eigenvalue weighted by molar-refractivity contribution is 8.76. The molecule has 10 nitrogen and oxygen atoms in total. The normalized spacial score (nSPS) is 14.9. The van der Waals surface area contributed by atoms with Crippen LogP contribution in [-0.4, -0.2) is 81.5 Å². The minimum atomic E-state index is -4.90. The van der Waals surface area contributed by atoms with Gasteiger partial charge in [0.15, 0.2) is 0 Å². The molecule has 0 fully saturated rings. The first-order valence-electron chi connectivity index (χ1n) is 14.9. The van der Waals surface area contributed by atoms with Gasteiger partial charge in [-0.2, -0.15) is 13.2 Å². The van der Waals surface area contributed by atoms with E-state index in [1.165, 1.54) is 33.7 Å². The van der Waals surface area contributed by atoms with Crippen LogP contribution in [0.3, 0.4) is 0 Å². The number of azide groups is 1. The topological polar surface area (TPSA) is 117 Å². The molecule has 0 saturated carbocycles. The number of rotatable bonds is 26. The predicted molar refractivity (Wildman–Crippen MR) is 170 cm³/mol. The summed E-state index contributed by atoms with van der Waals surface area (Å²) in [6.45, 7) is 9.01. The van der Waals surface area contributed by atoms with Crippen LogP contribution in [0.5, 0.6) is 0 Å². The van der Waals surface area contributed by atoms with Gasteiger partial charge in [-0.3, -0.25) is 0 Å². The Morgan fingerprint density at radius 3 is 2.16 bits per heavy atom. The molecule has 15 heteroatoms. The lowest BCUT2D eigenvalue weighted by atomic mass is 10.2. The largest absolute Gasteiger partial charge is 0.468 e. The van der Waals surface area contributed by atoms with Crippen molar-refractivity contribution in [2.24, 2.45) is 10.1 Å². The molecule has 0 aliphatic carbocycles. The van der Waals surface area contributed by atoms with Gasteiger partial charge in [-0.25, -0.2) is 4.99 Å². The van der Waals surface area contributed by atoms with Gasteiger partial charge in [0.25, 0.3) is 5.90 Å². The number of ether oxygens (including phenoxy) is 6. The van der Waals surface area contributed by atoms with Crippen molar-refractivity contribution in [3.63, 3.8) is 0 Å². The van der Waals surface area contributed by atoms with Gasteiger partial charge in [0.2, 0.25) is 6.29 Å². The van der Waals surface area contributed by atoms with Gasteiger partial charge in [-0.05, 0) is 43.9 Å². The van der Waals surface area contributed by atoms with Crippen molar-refractivity contribution in [2.45, 2.75) is 97.0 Å². The summed E-state index contributed by atoms with van der Waals surface area (Å²) < 4.78 is 78.0. The van der Waals surface area contributed by atoms with E-state index in [1.807, 2.05) is 20.8 Å². The number of hydrogen-bond donors (Lipinski definition) is 0. The summed E-state index contributed by atoms with van der Waals surface area (Å²) in [5.74, 6) is -1.02. The maximum Gasteiger partial charge on any atom is 0.468 e. The monoisotopic (exact) mass is 668 g/mol. The van der Waals surface area contributed by atoms with Crippen LogP contribution < -0.4 is 0 Å². The molecule has 1 aromatic rings. The fourth-order valence-corrected chi connectivity index (χ4v) is 4.60. The van der Waals surface area contributed by atoms with Crippen LogP contribution in [0.2, 0.25) is 0 Å². The van der Waals surface area contributed by atoms with Crippen LogP contribution >= 0.6 is 21.6 Å². The third-order valence-corrected chi connectivity index (χ3v) is 7.62. The Morgan fingerprint density at radius 1 is 0.886 bits per heavy atom. The fraction of sp³-hybridized carbons (Fsp3) is 0.759. The van der Waals surface area contributed by atoms with E-state index in [1.54, 1.807) is 25.1 Å². The minimum Gasteiger partial charge on any atom is -0.441 e. The fourth-order valence-electron chi connectivity index (χ4n) is 3.43. The summed E-state index contributed by atoms with van der Waals surface area (Å²) in [5, 5.41) is 3.46. The lowest BCUT2D eigenvalue weighted by molar-refractivity contribution is -0.234. The lowest BCUT2D eigenvalue weighted by Gasteiger charge is -2.33. The smallest absolute Gasteiger partial charge is 0.441 e. The first-order valence-corrected chi connectivity index (χ1v) is 17.4. The van der Waals surface area contributed by atoms with E-state index in [0.717, 1.165) is 32.1 Å². The Bertz CT molecular complexity index is 930. The molecule has 0 saturated heterocycles. The molecule has 0 heterocycles. The third kappa shape index (κ3) is 18.9. The second kappa shape index (κ2) is 25.5. The second-order valence-corrected chi connectivity index (χ2v) is 12.0. The highest BCUT2D eigenvalue weighted by Crippen LogP contribution is 2.26. The predicted octanol–water partition coefficient (Wildman–Crippen LogP) is 8.84. The van der Waals surface area contributed by atoms with Gasteiger partial charge in [0.05, 0.1) is 24.8 Å². The zero-order valence-electron chi connectivity index (χ0n) is 26.1. The molecular weight excluding hydrogens is 621 g/mol. The molecule has 1 unspecified atom stereocenters. The SMILES string of the molecule is CCCCOC[C@@H](OCCCC)C(COCSSCN=[N+]=[N-])O[C@@H](O/C(=N/c1ccccc1)C(F)(F)F)[C@H](C)OCCCC. The van der Waals surface area contributed by atoms with Crippen LogP contribution in [0.25, 0.3) is 10.4 Å². The summed E-state index contributed by atoms with van der Waals surface area (Å²) >= 11 is 0. The minimum absolute atomic E-state index is 0.0261. The van der Waals surface area contributed by atoms with Crippen molar-refractivity contribution in [2.75, 3.05) is 44.9 Å². The van der Waals surface area contributed by atoms with Crippen molar-refractivity contribution in [3.05, 3.63) is 40.8 Å². The Morgan fingerprint density at radius 2 is 1.52 bits per heavy atom. The second-order valence-electron chi connectivity index (χ2n) is 9.62. The lowest BCUT2D eigenvalue weighted by Crippen LogP contribution is -2.47. The molecule has 1 aromatic carbocycles. The van der Waals surface area contributed by atoms with Gasteiger partial charge in [0, 0.05) is 24.7 Å². The maximum atomic E-state index is 14.2. The molecule has 1 rings (SSSR count). The number of unbranched alkanes of at least 4 members (excludes halogenated alkanes) is 3. The highest BCUT2D eigenvalue weighted by atomic mass is 33.1. The third-order valence-electron chi connectivity index (χ3n) is 5.87. The van der Waals surface area contributed by atoms with Crippen LogP contribution in [-0.2, 0) is 28.4 Å². The molecule has 0 aliphatic heterocycles. The molecule has 0 amide bonds. The van der Waals surface area contributed by atoms with E-state index in [9.17, 15) is 13.2 Å². The molecule has 252 valence electrons. The Balaban J connectivity index is 3.31. The van der Waals surface area contributed by atoms with Crippen molar-refractivity contribution < 1.29 is 41.6 Å². The Labute approximate surface area is 267 Å². The zero-order valence-corrected chi connectivity index (χ0v) is 27.7. The standard InChI is InChI=1S/C29H47F3N4O6S2/c1-5-8-16-37-19-25(40-18-10-7-3)26(20-38-22-44-43-21-34-36-33)41-27(23(4)39-17-9-6-2)42-28(29(30,31)32)35-24-14-12-11-13-15-24/h11-15,23,25-27H,5-10,16-22H2,1-4H3/b35-28+/t23-,25+,26?,27-/m0/s1. The molecule has 0 bridgehead atoms. The van der Waals surface area contributed by atoms with Crippen LogP contribution in [0, 0.1) is 0 Å². The van der Waals surface area contributed by atoms with Crippen molar-refractivity contribution in [3.8, 4) is 0 Å². The molecule has 0 aromatic heterocycles. The Kier molecular flexibility index (Phi) is 23.3. The summed E-state index contributed by atoms with van der Waals surface area (Å²) in [6.07, 6.45) is -3.79. The number of halogens is 3. The van der Waals surface area contributed by atoms with E-state index in [-0.39, 0.29) is 30.7 Å². The van der Waals surface area contributed by atoms with Crippen molar-refractivity contribution in [1.29, 1.82) is 0 Å². The van der Waals surface area contributed by atoms with Gasteiger partial charge in [0.1, 0.15) is 24.3 Å². The first kappa shape index (κ1) is 40.3. The van der Waals surface area contributed by atoms with Gasteiger partial charge < -0.3 is 28.4 Å². The van der Waals surface area contributed by atoms with Crippen molar-refractivity contribution in [1.82, 2.24) is 0 Å². The highest BCUT2D eigenvalue weighted by Gasteiger charge is 2.42. The molecule has 44 heavy (non-hydrogen) atoms.